The smallest absolute Gasteiger partial charge is 0.0795 e. The van der Waals surface area contributed by atoms with E-state index in [4.69, 9.17) is 9.84 Å². The zero-order chi connectivity index (χ0) is 4.41. The lowest BCUT2D eigenvalue weighted by atomic mass is 10.3. The lowest BCUT2D eigenvalue weighted by Gasteiger charge is -1.89. The normalized spacial score (nSPS) is 29.6. The predicted octanol–water partition coefficient (Wildman–Crippen LogP) is -0.120. The Labute approximate surface area is 49.9 Å². The van der Waals surface area contributed by atoms with Crippen LogP contribution < -0.4 is 0 Å². The van der Waals surface area contributed by atoms with Gasteiger partial charge in [0.2, 0.25) is 0 Å². The van der Waals surface area contributed by atoms with Crippen molar-refractivity contribution < 1.29 is 9.84 Å². The summed E-state index contributed by atoms with van der Waals surface area (Å²) in [7, 11) is 0. The van der Waals surface area contributed by atoms with Crippen LogP contribution in [0.3, 0.4) is 0 Å². The van der Waals surface area contributed by atoms with Crippen LogP contribution in [0.25, 0.3) is 0 Å². The molecular formula is C4H10O2S. The fourth-order valence-corrected chi connectivity index (χ4v) is 0.522. The van der Waals surface area contributed by atoms with E-state index in [1.165, 1.54) is 0 Å². The van der Waals surface area contributed by atoms with Crippen molar-refractivity contribution in [2.75, 3.05) is 13.2 Å². The molecule has 1 aliphatic heterocycles. The molecule has 0 aromatic carbocycles. The topological polar surface area (TPSA) is 29.5 Å². The van der Waals surface area contributed by atoms with Gasteiger partial charge in [0.25, 0.3) is 0 Å². The summed E-state index contributed by atoms with van der Waals surface area (Å²) < 4.78 is 4.81. The highest BCUT2D eigenvalue weighted by atomic mass is 32.1. The standard InChI is InChI=1S/C4H8O2.H2S/c5-4-1-2-6-3-4;/h4-5H,1-3H2;1H2/t4-;/m0./s1. The van der Waals surface area contributed by atoms with Gasteiger partial charge >= 0.3 is 0 Å². The minimum atomic E-state index is -0.176. The molecule has 0 bridgehead atoms. The molecule has 3 heteroatoms. The second-order valence-corrected chi connectivity index (χ2v) is 1.52. The van der Waals surface area contributed by atoms with Gasteiger partial charge in [-0.25, -0.2) is 0 Å². The Bertz CT molecular complexity index is 43.0. The Morgan fingerprint density at radius 1 is 1.57 bits per heavy atom. The molecule has 0 radical (unpaired) electrons. The molecule has 1 saturated heterocycles. The van der Waals surface area contributed by atoms with Crippen molar-refractivity contribution in [1.29, 1.82) is 0 Å². The second kappa shape index (κ2) is 3.29. The maximum atomic E-state index is 8.60. The number of aliphatic hydroxyl groups is 1. The summed E-state index contributed by atoms with van der Waals surface area (Å²) in [5.74, 6) is 0. The lowest BCUT2D eigenvalue weighted by Crippen LogP contribution is -2.02. The average Bonchev–Trinajstić information content (AvgIpc) is 1.86. The molecule has 1 aliphatic rings. The predicted molar refractivity (Wildman–Crippen MR) is 31.8 cm³/mol. The van der Waals surface area contributed by atoms with Crippen LogP contribution in [0.2, 0.25) is 0 Å². The summed E-state index contributed by atoms with van der Waals surface area (Å²) in [5, 5.41) is 8.60. The number of hydrogen-bond donors (Lipinski definition) is 1. The van der Waals surface area contributed by atoms with Gasteiger partial charge in [-0.1, -0.05) is 0 Å². The zero-order valence-corrected chi connectivity index (χ0v) is 5.05. The van der Waals surface area contributed by atoms with Gasteiger partial charge in [-0.05, 0) is 6.42 Å². The van der Waals surface area contributed by atoms with Crippen LogP contribution in [0.4, 0.5) is 0 Å². The Kier molecular flexibility index (Phi) is 3.42. The van der Waals surface area contributed by atoms with Crippen molar-refractivity contribution >= 4 is 13.5 Å². The summed E-state index contributed by atoms with van der Waals surface area (Å²) in [6.07, 6.45) is 0.644. The monoisotopic (exact) mass is 122 g/mol. The largest absolute Gasteiger partial charge is 0.391 e. The third-order valence-corrected chi connectivity index (χ3v) is 0.906. The molecule has 7 heavy (non-hydrogen) atoms. The Hall–Kier alpha value is 0.270. The molecule has 1 rings (SSSR count). The van der Waals surface area contributed by atoms with Crippen LogP contribution >= 0.6 is 13.5 Å². The molecule has 0 amide bonds. The van der Waals surface area contributed by atoms with E-state index >= 15 is 0 Å². The van der Waals surface area contributed by atoms with E-state index in [0.29, 0.717) is 6.61 Å². The molecule has 0 aromatic heterocycles. The molecule has 0 unspecified atom stereocenters. The third-order valence-electron chi connectivity index (χ3n) is 0.906. The molecule has 44 valence electrons. The van der Waals surface area contributed by atoms with E-state index in [9.17, 15) is 0 Å². The van der Waals surface area contributed by atoms with Crippen LogP contribution in [0.15, 0.2) is 0 Å². The van der Waals surface area contributed by atoms with Gasteiger partial charge in [-0.3, -0.25) is 0 Å². The first-order valence-corrected chi connectivity index (χ1v) is 2.15. The van der Waals surface area contributed by atoms with E-state index in [1.807, 2.05) is 0 Å². The van der Waals surface area contributed by atoms with Gasteiger partial charge in [0.1, 0.15) is 0 Å². The Morgan fingerprint density at radius 3 is 2.43 bits per heavy atom. The van der Waals surface area contributed by atoms with E-state index in [0.717, 1.165) is 13.0 Å². The Morgan fingerprint density at radius 2 is 2.29 bits per heavy atom. The fourth-order valence-electron chi connectivity index (χ4n) is 0.522. The van der Waals surface area contributed by atoms with Crippen molar-refractivity contribution in [1.82, 2.24) is 0 Å². The van der Waals surface area contributed by atoms with E-state index in [1.54, 1.807) is 0 Å². The summed E-state index contributed by atoms with van der Waals surface area (Å²) in [6, 6.07) is 0. The van der Waals surface area contributed by atoms with Gasteiger partial charge in [0.05, 0.1) is 12.7 Å². The van der Waals surface area contributed by atoms with Crippen molar-refractivity contribution in [3.05, 3.63) is 0 Å². The first-order valence-electron chi connectivity index (χ1n) is 2.15. The molecular weight excluding hydrogens is 112 g/mol. The van der Waals surface area contributed by atoms with Crippen molar-refractivity contribution in [2.45, 2.75) is 12.5 Å². The van der Waals surface area contributed by atoms with E-state index in [-0.39, 0.29) is 19.6 Å². The van der Waals surface area contributed by atoms with Crippen LogP contribution in [-0.4, -0.2) is 24.4 Å². The zero-order valence-electron chi connectivity index (χ0n) is 4.05. The average molecular weight is 122 g/mol. The number of aliphatic hydroxyl groups excluding tert-OH is 1. The van der Waals surface area contributed by atoms with E-state index in [2.05, 4.69) is 0 Å². The summed E-state index contributed by atoms with van der Waals surface area (Å²) >= 11 is 0. The molecule has 2 nitrogen and oxygen atoms in total. The molecule has 1 fully saturated rings. The highest BCUT2D eigenvalue weighted by molar-refractivity contribution is 7.59. The molecule has 0 spiro atoms. The van der Waals surface area contributed by atoms with Gasteiger partial charge in [0.15, 0.2) is 0 Å². The van der Waals surface area contributed by atoms with Crippen molar-refractivity contribution in [2.24, 2.45) is 0 Å². The summed E-state index contributed by atoms with van der Waals surface area (Å²) in [5.41, 5.74) is 0. The second-order valence-electron chi connectivity index (χ2n) is 1.52. The number of hydrogen-bond acceptors (Lipinski definition) is 2. The van der Waals surface area contributed by atoms with Gasteiger partial charge < -0.3 is 9.84 Å². The molecule has 1 N–H and O–H groups in total. The third kappa shape index (κ3) is 2.16. The summed E-state index contributed by atoms with van der Waals surface area (Å²) in [4.78, 5) is 0. The van der Waals surface area contributed by atoms with Crippen molar-refractivity contribution in [3.8, 4) is 0 Å². The molecule has 0 aliphatic carbocycles. The Balaban J connectivity index is 0.000000360. The first-order chi connectivity index (χ1) is 2.89. The van der Waals surface area contributed by atoms with Crippen LogP contribution in [0.1, 0.15) is 6.42 Å². The highest BCUT2D eigenvalue weighted by Crippen LogP contribution is 2.00. The SMILES string of the molecule is O[C@H]1CCOC1.S. The molecule has 0 aromatic rings. The first kappa shape index (κ1) is 7.27. The van der Waals surface area contributed by atoms with Gasteiger partial charge in [0, 0.05) is 6.61 Å². The van der Waals surface area contributed by atoms with E-state index < -0.39 is 0 Å². The molecule has 0 saturated carbocycles. The number of rotatable bonds is 0. The maximum absolute atomic E-state index is 8.60. The van der Waals surface area contributed by atoms with Gasteiger partial charge in [-0.15, -0.1) is 0 Å². The highest BCUT2D eigenvalue weighted by Gasteiger charge is 2.09. The minimum absolute atomic E-state index is 0. The van der Waals surface area contributed by atoms with Crippen LogP contribution in [0, 0.1) is 0 Å². The summed E-state index contributed by atoms with van der Waals surface area (Å²) in [6.45, 7) is 1.28. The lowest BCUT2D eigenvalue weighted by molar-refractivity contribution is 0.127. The van der Waals surface area contributed by atoms with Crippen LogP contribution in [-0.2, 0) is 4.74 Å². The maximum Gasteiger partial charge on any atom is 0.0795 e. The minimum Gasteiger partial charge on any atom is -0.391 e. The van der Waals surface area contributed by atoms with Gasteiger partial charge in [-0.2, -0.15) is 13.5 Å². The fraction of sp³-hybridized carbons (Fsp3) is 1.00. The molecule has 1 heterocycles. The van der Waals surface area contributed by atoms with Crippen LogP contribution in [0.5, 0.6) is 0 Å². The number of ether oxygens (including phenoxy) is 1. The molecule has 1 atom stereocenters. The quantitative estimate of drug-likeness (QED) is 0.485. The van der Waals surface area contributed by atoms with Crippen molar-refractivity contribution in [3.63, 3.8) is 0 Å².